The highest BCUT2D eigenvalue weighted by Crippen LogP contribution is 2.28. The zero-order chi connectivity index (χ0) is 9.03. The summed E-state index contributed by atoms with van der Waals surface area (Å²) in [6, 6.07) is 0. The number of aliphatic hydroxyl groups excluding tert-OH is 1. The molecular weight excluding hydrogens is 152 g/mol. The number of methoxy groups -OCH3 is 1. The van der Waals surface area contributed by atoms with Crippen LogP contribution in [0.5, 0.6) is 0 Å². The smallest absolute Gasteiger partial charge is 0.146 e. The van der Waals surface area contributed by atoms with Crippen molar-refractivity contribution in [3.8, 4) is 0 Å². The Morgan fingerprint density at radius 2 is 2.42 bits per heavy atom. The van der Waals surface area contributed by atoms with E-state index < -0.39 is 5.60 Å². The number of allylic oxidation sites excluding steroid dienone is 3. The molecule has 0 aliphatic heterocycles. The molecule has 0 fully saturated rings. The highest BCUT2D eigenvalue weighted by molar-refractivity contribution is 5.29. The standard InChI is InChI=1S/C10H14O2/c1-3-7-10(12-2)8-5-4-6-9(10)11/h3-7,11H,8H2,1-2H3/b7-3-. The van der Waals surface area contributed by atoms with Gasteiger partial charge in [-0.15, -0.1) is 0 Å². The highest BCUT2D eigenvalue weighted by atomic mass is 16.5. The second-order valence-electron chi connectivity index (χ2n) is 2.78. The lowest BCUT2D eigenvalue weighted by molar-refractivity contribution is 0.0298. The van der Waals surface area contributed by atoms with Crippen molar-refractivity contribution < 1.29 is 9.84 Å². The van der Waals surface area contributed by atoms with Crippen molar-refractivity contribution in [1.82, 2.24) is 0 Å². The van der Waals surface area contributed by atoms with E-state index in [1.54, 1.807) is 13.2 Å². The molecule has 0 radical (unpaired) electrons. The quantitative estimate of drug-likeness (QED) is 0.638. The second-order valence-corrected chi connectivity index (χ2v) is 2.78. The van der Waals surface area contributed by atoms with Gasteiger partial charge in [-0.25, -0.2) is 0 Å². The molecule has 0 saturated heterocycles. The first-order valence-electron chi connectivity index (χ1n) is 4.00. The first-order valence-corrected chi connectivity index (χ1v) is 4.00. The van der Waals surface area contributed by atoms with Crippen LogP contribution in [0.2, 0.25) is 0 Å². The Labute approximate surface area is 72.9 Å². The van der Waals surface area contributed by atoms with E-state index in [1.807, 2.05) is 31.2 Å². The van der Waals surface area contributed by atoms with Crippen LogP contribution >= 0.6 is 0 Å². The van der Waals surface area contributed by atoms with Gasteiger partial charge in [0, 0.05) is 13.5 Å². The van der Waals surface area contributed by atoms with Crippen LogP contribution in [-0.4, -0.2) is 17.8 Å². The molecule has 1 atom stereocenters. The number of ether oxygens (including phenoxy) is 1. The van der Waals surface area contributed by atoms with E-state index in [4.69, 9.17) is 4.74 Å². The number of hydrogen-bond acceptors (Lipinski definition) is 2. The van der Waals surface area contributed by atoms with E-state index in [-0.39, 0.29) is 5.76 Å². The van der Waals surface area contributed by atoms with Crippen molar-refractivity contribution in [2.75, 3.05) is 7.11 Å². The fraction of sp³-hybridized carbons (Fsp3) is 0.400. The van der Waals surface area contributed by atoms with Crippen molar-refractivity contribution in [3.63, 3.8) is 0 Å². The Kier molecular flexibility index (Phi) is 2.71. The first kappa shape index (κ1) is 9.07. The van der Waals surface area contributed by atoms with Gasteiger partial charge in [0.2, 0.25) is 0 Å². The Balaban J connectivity index is 2.94. The van der Waals surface area contributed by atoms with Gasteiger partial charge < -0.3 is 9.84 Å². The molecule has 2 heteroatoms. The van der Waals surface area contributed by atoms with Crippen molar-refractivity contribution in [2.45, 2.75) is 18.9 Å². The molecule has 0 heterocycles. The van der Waals surface area contributed by atoms with Gasteiger partial charge in [0.1, 0.15) is 11.4 Å². The monoisotopic (exact) mass is 166 g/mol. The fourth-order valence-electron chi connectivity index (χ4n) is 1.33. The normalized spacial score (nSPS) is 29.3. The highest BCUT2D eigenvalue weighted by Gasteiger charge is 2.31. The van der Waals surface area contributed by atoms with Crippen molar-refractivity contribution >= 4 is 0 Å². The minimum Gasteiger partial charge on any atom is -0.509 e. The summed E-state index contributed by atoms with van der Waals surface area (Å²) in [6.45, 7) is 1.91. The Bertz CT molecular complexity index is 238. The van der Waals surface area contributed by atoms with Gasteiger partial charge in [0.15, 0.2) is 0 Å². The molecule has 0 bridgehead atoms. The molecule has 0 aromatic carbocycles. The maximum Gasteiger partial charge on any atom is 0.146 e. The SMILES string of the molecule is C/C=C\C1(OC)CC=CC=C1O. The van der Waals surface area contributed by atoms with E-state index in [1.165, 1.54) is 0 Å². The maximum atomic E-state index is 9.58. The van der Waals surface area contributed by atoms with Crippen molar-refractivity contribution in [2.24, 2.45) is 0 Å². The lowest BCUT2D eigenvalue weighted by atomic mass is 9.92. The molecule has 0 saturated carbocycles. The third-order valence-electron chi connectivity index (χ3n) is 2.04. The first-order chi connectivity index (χ1) is 5.75. The predicted molar refractivity (Wildman–Crippen MR) is 49.0 cm³/mol. The molecule has 1 rings (SSSR count). The molecule has 1 aliphatic carbocycles. The van der Waals surface area contributed by atoms with Crippen molar-refractivity contribution in [1.29, 1.82) is 0 Å². The third kappa shape index (κ3) is 1.43. The topological polar surface area (TPSA) is 29.5 Å². The molecular formula is C10H14O2. The van der Waals surface area contributed by atoms with E-state index in [9.17, 15) is 5.11 Å². The van der Waals surface area contributed by atoms with Crippen LogP contribution in [0.15, 0.2) is 36.1 Å². The Morgan fingerprint density at radius 3 is 2.92 bits per heavy atom. The van der Waals surface area contributed by atoms with Gasteiger partial charge in [0.05, 0.1) is 0 Å². The van der Waals surface area contributed by atoms with Gasteiger partial charge >= 0.3 is 0 Å². The summed E-state index contributed by atoms with van der Waals surface area (Å²) in [5.41, 5.74) is -0.622. The molecule has 12 heavy (non-hydrogen) atoms. The predicted octanol–water partition coefficient (Wildman–Crippen LogP) is 2.35. The summed E-state index contributed by atoms with van der Waals surface area (Å²) in [7, 11) is 1.60. The molecule has 1 unspecified atom stereocenters. The zero-order valence-electron chi connectivity index (χ0n) is 7.45. The average Bonchev–Trinajstić information content (AvgIpc) is 2.10. The van der Waals surface area contributed by atoms with Crippen LogP contribution in [0.4, 0.5) is 0 Å². The van der Waals surface area contributed by atoms with Crippen LogP contribution in [-0.2, 0) is 4.74 Å². The zero-order valence-corrected chi connectivity index (χ0v) is 7.45. The minimum absolute atomic E-state index is 0.269. The average molecular weight is 166 g/mol. The lowest BCUT2D eigenvalue weighted by Crippen LogP contribution is -2.32. The Morgan fingerprint density at radius 1 is 1.67 bits per heavy atom. The molecule has 0 aromatic heterocycles. The molecule has 0 aromatic rings. The summed E-state index contributed by atoms with van der Waals surface area (Å²) in [5.74, 6) is 0.269. The maximum absolute atomic E-state index is 9.58. The van der Waals surface area contributed by atoms with Gasteiger partial charge in [-0.05, 0) is 19.1 Å². The molecule has 2 nitrogen and oxygen atoms in total. The number of rotatable bonds is 2. The molecule has 1 aliphatic rings. The van der Waals surface area contributed by atoms with E-state index in [2.05, 4.69) is 0 Å². The van der Waals surface area contributed by atoms with Crippen molar-refractivity contribution in [3.05, 3.63) is 36.1 Å². The van der Waals surface area contributed by atoms with E-state index in [0.29, 0.717) is 6.42 Å². The van der Waals surface area contributed by atoms with E-state index >= 15 is 0 Å². The lowest BCUT2D eigenvalue weighted by Gasteiger charge is -2.29. The molecule has 66 valence electrons. The summed E-state index contributed by atoms with van der Waals surface area (Å²) < 4.78 is 5.28. The van der Waals surface area contributed by atoms with E-state index in [0.717, 1.165) is 0 Å². The molecule has 1 N–H and O–H groups in total. The Hall–Kier alpha value is -1.02. The van der Waals surface area contributed by atoms with Crippen LogP contribution in [0.25, 0.3) is 0 Å². The van der Waals surface area contributed by atoms with Crippen LogP contribution < -0.4 is 0 Å². The largest absolute Gasteiger partial charge is 0.509 e. The van der Waals surface area contributed by atoms with Gasteiger partial charge in [-0.2, -0.15) is 0 Å². The third-order valence-corrected chi connectivity index (χ3v) is 2.04. The second kappa shape index (κ2) is 3.59. The summed E-state index contributed by atoms with van der Waals surface area (Å²) in [5, 5.41) is 9.58. The van der Waals surface area contributed by atoms with Gasteiger partial charge in [-0.1, -0.05) is 18.2 Å². The van der Waals surface area contributed by atoms with Gasteiger partial charge in [0.25, 0.3) is 0 Å². The number of aliphatic hydroxyl groups is 1. The minimum atomic E-state index is -0.622. The number of hydrogen-bond donors (Lipinski definition) is 1. The van der Waals surface area contributed by atoms with Crippen LogP contribution in [0, 0.1) is 0 Å². The molecule has 0 spiro atoms. The fourth-order valence-corrected chi connectivity index (χ4v) is 1.33. The summed E-state index contributed by atoms with van der Waals surface area (Å²) >= 11 is 0. The van der Waals surface area contributed by atoms with Crippen LogP contribution in [0.3, 0.4) is 0 Å². The molecule has 0 amide bonds. The summed E-state index contributed by atoms with van der Waals surface area (Å²) in [4.78, 5) is 0. The van der Waals surface area contributed by atoms with Gasteiger partial charge in [-0.3, -0.25) is 0 Å². The van der Waals surface area contributed by atoms with Crippen LogP contribution in [0.1, 0.15) is 13.3 Å². The summed E-state index contributed by atoms with van der Waals surface area (Å²) in [6.07, 6.45) is 9.90.